The molecule has 1 aromatic heterocycles. The number of hydrogen-bond acceptors (Lipinski definition) is 4. The lowest BCUT2D eigenvalue weighted by atomic mass is 10.0. The highest BCUT2D eigenvalue weighted by atomic mass is 19.1. The molecule has 38 heavy (non-hydrogen) atoms. The molecular weight excluding hydrogens is 486 g/mol. The molecule has 3 aromatic carbocycles. The molecular formula is C30H30F2N4O2. The molecule has 1 amide bonds. The number of methoxy groups -OCH3 is 1. The lowest BCUT2D eigenvalue weighted by Gasteiger charge is -2.28. The highest BCUT2D eigenvalue weighted by Crippen LogP contribution is 2.28. The van der Waals surface area contributed by atoms with Crippen LogP contribution in [0.1, 0.15) is 39.8 Å². The van der Waals surface area contributed by atoms with Crippen LogP contribution in [0, 0.1) is 11.6 Å². The number of carbonyl (C=O) groups excluding carboxylic acids is 1. The number of amides is 1. The van der Waals surface area contributed by atoms with E-state index in [4.69, 9.17) is 9.84 Å². The Bertz CT molecular complexity index is 1400. The van der Waals surface area contributed by atoms with Crippen molar-refractivity contribution < 1.29 is 18.3 Å². The van der Waals surface area contributed by atoms with Gasteiger partial charge in [-0.1, -0.05) is 36.4 Å². The van der Waals surface area contributed by atoms with E-state index in [0.29, 0.717) is 6.54 Å². The van der Waals surface area contributed by atoms with Crippen LogP contribution in [0.4, 0.5) is 8.78 Å². The van der Waals surface area contributed by atoms with E-state index in [1.807, 2.05) is 47.1 Å². The van der Waals surface area contributed by atoms with Gasteiger partial charge in [0, 0.05) is 38.2 Å². The first-order chi connectivity index (χ1) is 18.5. The average molecular weight is 517 g/mol. The molecule has 6 nitrogen and oxygen atoms in total. The number of benzene rings is 3. The van der Waals surface area contributed by atoms with Crippen LogP contribution < -0.4 is 4.74 Å². The van der Waals surface area contributed by atoms with Gasteiger partial charge in [0.15, 0.2) is 0 Å². The topological polar surface area (TPSA) is 50.6 Å². The largest absolute Gasteiger partial charge is 0.497 e. The molecule has 4 aromatic rings. The molecule has 0 atom stereocenters. The van der Waals surface area contributed by atoms with Crippen molar-refractivity contribution in [1.29, 1.82) is 0 Å². The van der Waals surface area contributed by atoms with Gasteiger partial charge in [0.25, 0.3) is 5.91 Å². The Balaban J connectivity index is 1.46. The van der Waals surface area contributed by atoms with Gasteiger partial charge >= 0.3 is 0 Å². The van der Waals surface area contributed by atoms with Gasteiger partial charge in [0.2, 0.25) is 0 Å². The van der Waals surface area contributed by atoms with Crippen molar-refractivity contribution in [3.63, 3.8) is 0 Å². The van der Waals surface area contributed by atoms with Gasteiger partial charge in [-0.3, -0.25) is 9.69 Å². The van der Waals surface area contributed by atoms with Gasteiger partial charge in [-0.25, -0.2) is 13.5 Å². The van der Waals surface area contributed by atoms with E-state index >= 15 is 0 Å². The van der Waals surface area contributed by atoms with E-state index in [9.17, 15) is 13.6 Å². The summed E-state index contributed by atoms with van der Waals surface area (Å²) < 4.78 is 36.1. The van der Waals surface area contributed by atoms with Crippen molar-refractivity contribution >= 4 is 5.91 Å². The number of fused-ring (bicyclic) bond motifs is 1. The third-order valence-corrected chi connectivity index (χ3v) is 6.97. The normalized spacial score (nSPS) is 13.3. The summed E-state index contributed by atoms with van der Waals surface area (Å²) in [6.45, 7) is 4.51. The maximum atomic E-state index is 14.4. The maximum Gasteiger partial charge on any atom is 0.260 e. The van der Waals surface area contributed by atoms with Crippen LogP contribution in [0.25, 0.3) is 5.69 Å². The molecule has 0 bridgehead atoms. The Hall–Kier alpha value is -4.04. The number of rotatable bonds is 8. The summed E-state index contributed by atoms with van der Waals surface area (Å²) in [5, 5.41) is 4.93. The fourth-order valence-electron chi connectivity index (χ4n) is 4.94. The molecule has 0 unspecified atom stereocenters. The van der Waals surface area contributed by atoms with Crippen LogP contribution in [-0.4, -0.2) is 45.7 Å². The van der Waals surface area contributed by atoms with Crippen LogP contribution >= 0.6 is 0 Å². The van der Waals surface area contributed by atoms with Crippen molar-refractivity contribution in [3.05, 3.63) is 113 Å². The smallest absolute Gasteiger partial charge is 0.260 e. The van der Waals surface area contributed by atoms with Crippen LogP contribution in [0.2, 0.25) is 0 Å². The number of aromatic nitrogens is 2. The Kier molecular flexibility index (Phi) is 7.51. The highest BCUT2D eigenvalue weighted by molar-refractivity contribution is 5.94. The molecule has 0 fully saturated rings. The van der Waals surface area contributed by atoms with E-state index in [2.05, 4.69) is 17.0 Å². The van der Waals surface area contributed by atoms with E-state index in [1.165, 1.54) is 16.5 Å². The summed E-state index contributed by atoms with van der Waals surface area (Å²) >= 11 is 0. The SMILES string of the molecule is CCN(Cc1nn(-c2ccccc2)c2c1CN(Cc1ccc(OC)cc1)CC2)C(=O)c1c(F)cccc1F. The summed E-state index contributed by atoms with van der Waals surface area (Å²) in [5.74, 6) is -1.60. The molecule has 196 valence electrons. The third-order valence-electron chi connectivity index (χ3n) is 6.97. The van der Waals surface area contributed by atoms with Gasteiger partial charge in [0.05, 0.1) is 30.7 Å². The summed E-state index contributed by atoms with van der Waals surface area (Å²) in [4.78, 5) is 17.0. The van der Waals surface area contributed by atoms with Crippen molar-refractivity contribution in [1.82, 2.24) is 19.6 Å². The molecule has 0 saturated heterocycles. The van der Waals surface area contributed by atoms with Crippen LogP contribution in [0.15, 0.2) is 72.8 Å². The van der Waals surface area contributed by atoms with Crippen molar-refractivity contribution in [3.8, 4) is 11.4 Å². The molecule has 1 aliphatic rings. The van der Waals surface area contributed by atoms with Gasteiger partial charge in [-0.15, -0.1) is 0 Å². The predicted molar refractivity (Wildman–Crippen MR) is 141 cm³/mol. The van der Waals surface area contributed by atoms with E-state index < -0.39 is 23.1 Å². The quantitative estimate of drug-likeness (QED) is 0.316. The van der Waals surface area contributed by atoms with Gasteiger partial charge < -0.3 is 9.64 Å². The molecule has 0 spiro atoms. The van der Waals surface area contributed by atoms with Crippen LogP contribution in [0.5, 0.6) is 5.75 Å². The monoisotopic (exact) mass is 516 g/mol. The number of hydrogen-bond donors (Lipinski definition) is 0. The second-order valence-electron chi connectivity index (χ2n) is 9.34. The molecule has 8 heteroatoms. The minimum atomic E-state index is -0.865. The number of carbonyl (C=O) groups is 1. The first-order valence-corrected chi connectivity index (χ1v) is 12.7. The van der Waals surface area contributed by atoms with Gasteiger partial charge in [-0.2, -0.15) is 5.10 Å². The number of nitrogens with zero attached hydrogens (tertiary/aromatic N) is 4. The zero-order chi connectivity index (χ0) is 26.6. The van der Waals surface area contributed by atoms with Gasteiger partial charge in [0.1, 0.15) is 22.9 Å². The Labute approximate surface area is 221 Å². The number of para-hydroxylation sites is 1. The summed E-state index contributed by atoms with van der Waals surface area (Å²) in [6, 6.07) is 21.4. The highest BCUT2D eigenvalue weighted by Gasteiger charge is 2.29. The minimum absolute atomic E-state index is 0.154. The first kappa shape index (κ1) is 25.6. The standard InChI is InChI=1S/C30H30F2N4O2/c1-3-35(30(37)29-25(31)10-7-11-26(29)32)20-27-24-19-34(18-21-12-14-23(38-2)15-13-21)17-16-28(24)36(33-27)22-8-5-4-6-9-22/h4-15H,3,16-20H2,1-2H3. The fraction of sp³-hybridized carbons (Fsp3) is 0.267. The van der Waals surface area contributed by atoms with Crippen molar-refractivity contribution in [2.45, 2.75) is 33.0 Å². The summed E-state index contributed by atoms with van der Waals surface area (Å²) in [7, 11) is 1.65. The van der Waals surface area contributed by atoms with Crippen LogP contribution in [-0.2, 0) is 26.1 Å². The molecule has 0 N–H and O–H groups in total. The minimum Gasteiger partial charge on any atom is -0.497 e. The zero-order valence-corrected chi connectivity index (χ0v) is 21.5. The number of ether oxygens (including phenoxy) is 1. The zero-order valence-electron chi connectivity index (χ0n) is 21.5. The molecule has 5 rings (SSSR count). The third kappa shape index (κ3) is 5.17. The van der Waals surface area contributed by atoms with E-state index in [-0.39, 0.29) is 13.1 Å². The molecule has 0 aliphatic carbocycles. The van der Waals surface area contributed by atoms with E-state index in [0.717, 1.165) is 60.0 Å². The second-order valence-corrected chi connectivity index (χ2v) is 9.34. The fourth-order valence-corrected chi connectivity index (χ4v) is 4.94. The Morgan fingerprint density at radius 3 is 2.37 bits per heavy atom. The Morgan fingerprint density at radius 2 is 1.71 bits per heavy atom. The summed E-state index contributed by atoms with van der Waals surface area (Å²) in [6.07, 6.45) is 0.787. The molecule has 1 aliphatic heterocycles. The summed E-state index contributed by atoms with van der Waals surface area (Å²) in [5.41, 5.74) is 4.45. The molecule has 2 heterocycles. The number of halogens is 2. The molecule has 0 radical (unpaired) electrons. The van der Waals surface area contributed by atoms with Gasteiger partial charge in [-0.05, 0) is 48.9 Å². The first-order valence-electron chi connectivity index (χ1n) is 12.7. The van der Waals surface area contributed by atoms with Crippen molar-refractivity contribution in [2.75, 3.05) is 20.2 Å². The Morgan fingerprint density at radius 1 is 1.00 bits per heavy atom. The van der Waals surface area contributed by atoms with E-state index in [1.54, 1.807) is 14.0 Å². The molecule has 0 saturated carbocycles. The lowest BCUT2D eigenvalue weighted by Crippen LogP contribution is -2.34. The maximum absolute atomic E-state index is 14.4. The second kappa shape index (κ2) is 11.1. The van der Waals surface area contributed by atoms with Crippen molar-refractivity contribution in [2.24, 2.45) is 0 Å². The van der Waals surface area contributed by atoms with Crippen LogP contribution in [0.3, 0.4) is 0 Å². The lowest BCUT2D eigenvalue weighted by molar-refractivity contribution is 0.0739. The predicted octanol–water partition coefficient (Wildman–Crippen LogP) is 5.38. The average Bonchev–Trinajstić information content (AvgIpc) is 3.30.